The maximum Gasteiger partial charge on any atom is 0.0991 e. The summed E-state index contributed by atoms with van der Waals surface area (Å²) in [5.74, 6) is 0. The van der Waals surface area contributed by atoms with Crippen LogP contribution in [0.5, 0.6) is 0 Å². The van der Waals surface area contributed by atoms with Gasteiger partial charge in [-0.2, -0.15) is 15.5 Å². The van der Waals surface area contributed by atoms with Gasteiger partial charge in [0.15, 0.2) is 0 Å². The number of nitriles is 1. The summed E-state index contributed by atoms with van der Waals surface area (Å²) >= 11 is 0. The van der Waals surface area contributed by atoms with Crippen molar-refractivity contribution in [2.24, 2.45) is 10.2 Å². The van der Waals surface area contributed by atoms with Gasteiger partial charge in [0.05, 0.1) is 23.0 Å². The van der Waals surface area contributed by atoms with Gasteiger partial charge in [0.2, 0.25) is 0 Å². The van der Waals surface area contributed by atoms with E-state index in [0.29, 0.717) is 5.56 Å². The number of benzene rings is 2. The highest BCUT2D eigenvalue weighted by atomic mass is 31.0. The monoisotopic (exact) mass is 253 g/mol. The summed E-state index contributed by atoms with van der Waals surface area (Å²) in [5.41, 5.74) is 3.43. The summed E-state index contributed by atoms with van der Waals surface area (Å²) in [7, 11) is 2.68. The van der Waals surface area contributed by atoms with Gasteiger partial charge in [-0.3, -0.25) is 0 Å². The lowest BCUT2D eigenvalue weighted by atomic mass is 10.2. The van der Waals surface area contributed by atoms with Crippen LogP contribution in [0.25, 0.3) is 0 Å². The predicted molar refractivity (Wildman–Crippen MR) is 75.2 cm³/mol. The van der Waals surface area contributed by atoms with E-state index in [1.54, 1.807) is 24.3 Å². The number of rotatable bonds is 3. The minimum Gasteiger partial charge on any atom is -0.192 e. The first-order valence-corrected chi connectivity index (χ1v) is 6.34. The van der Waals surface area contributed by atoms with Crippen molar-refractivity contribution in [3.05, 3.63) is 59.7 Å². The molecule has 0 aromatic heterocycles. The molecule has 0 aliphatic carbocycles. The SMILES string of the molecule is N#Cc1ccc(N=Nc2ccc(CP)cc2)cc1. The number of hydrogen-bond donors (Lipinski definition) is 0. The topological polar surface area (TPSA) is 48.5 Å². The Morgan fingerprint density at radius 1 is 0.889 bits per heavy atom. The zero-order chi connectivity index (χ0) is 12.8. The highest BCUT2D eigenvalue weighted by Crippen LogP contribution is 2.19. The van der Waals surface area contributed by atoms with Gasteiger partial charge in [-0.05, 0) is 48.1 Å². The van der Waals surface area contributed by atoms with Crippen molar-refractivity contribution in [3.8, 4) is 6.07 Å². The summed E-state index contributed by atoms with van der Waals surface area (Å²) in [6.45, 7) is 0. The Hall–Kier alpha value is -2.04. The second kappa shape index (κ2) is 6.05. The van der Waals surface area contributed by atoms with E-state index >= 15 is 0 Å². The van der Waals surface area contributed by atoms with Crippen LogP contribution in [-0.2, 0) is 6.16 Å². The highest BCUT2D eigenvalue weighted by molar-refractivity contribution is 7.15. The van der Waals surface area contributed by atoms with Crippen molar-refractivity contribution in [2.45, 2.75) is 6.16 Å². The second-order valence-corrected chi connectivity index (χ2v) is 4.14. The molecule has 0 aliphatic rings. The normalized spacial score (nSPS) is 10.4. The second-order valence-electron chi connectivity index (χ2n) is 3.73. The van der Waals surface area contributed by atoms with Crippen LogP contribution in [0.4, 0.5) is 11.4 Å². The molecule has 0 aliphatic heterocycles. The molecule has 88 valence electrons. The first-order chi connectivity index (χ1) is 8.81. The van der Waals surface area contributed by atoms with Crippen LogP contribution in [0.3, 0.4) is 0 Å². The zero-order valence-corrected chi connectivity index (χ0v) is 10.9. The third-order valence-corrected chi connectivity index (χ3v) is 2.92. The van der Waals surface area contributed by atoms with Gasteiger partial charge in [-0.15, -0.1) is 9.24 Å². The summed E-state index contributed by atoms with van der Waals surface area (Å²) < 4.78 is 0. The Kier molecular flexibility index (Phi) is 4.17. The molecule has 2 rings (SSSR count). The molecule has 0 heterocycles. The van der Waals surface area contributed by atoms with Crippen LogP contribution in [0.15, 0.2) is 58.8 Å². The molecule has 1 unspecified atom stereocenters. The van der Waals surface area contributed by atoms with Gasteiger partial charge in [-0.25, -0.2) is 0 Å². The van der Waals surface area contributed by atoms with E-state index < -0.39 is 0 Å². The first kappa shape index (κ1) is 12.4. The maximum atomic E-state index is 8.68. The fourth-order valence-electron chi connectivity index (χ4n) is 1.42. The Bertz CT molecular complexity index is 580. The van der Waals surface area contributed by atoms with Crippen molar-refractivity contribution in [1.29, 1.82) is 5.26 Å². The van der Waals surface area contributed by atoms with E-state index in [4.69, 9.17) is 5.26 Å². The number of nitrogens with zero attached hydrogens (tertiary/aromatic N) is 3. The summed E-state index contributed by atoms with van der Waals surface area (Å²) in [6, 6.07) is 17.0. The lowest BCUT2D eigenvalue weighted by Crippen LogP contribution is -1.73. The van der Waals surface area contributed by atoms with Gasteiger partial charge in [0.1, 0.15) is 0 Å². The Morgan fingerprint density at radius 3 is 1.83 bits per heavy atom. The molecule has 0 amide bonds. The lowest BCUT2D eigenvalue weighted by molar-refractivity contribution is 1.22. The summed E-state index contributed by atoms with van der Waals surface area (Å²) in [4.78, 5) is 0. The maximum absolute atomic E-state index is 8.68. The Labute approximate surface area is 108 Å². The van der Waals surface area contributed by atoms with Crippen LogP contribution in [0, 0.1) is 11.3 Å². The van der Waals surface area contributed by atoms with Crippen LogP contribution in [-0.4, -0.2) is 0 Å². The largest absolute Gasteiger partial charge is 0.192 e. The molecule has 0 saturated heterocycles. The number of azo groups is 1. The molecule has 2 aromatic rings. The molecular weight excluding hydrogens is 241 g/mol. The third kappa shape index (κ3) is 3.23. The summed E-state index contributed by atoms with van der Waals surface area (Å²) in [6.07, 6.45) is 0.938. The van der Waals surface area contributed by atoms with Gasteiger partial charge >= 0.3 is 0 Å². The standard InChI is InChI=1S/C14H12N3P/c15-9-11-1-5-13(6-2-11)16-17-14-7-3-12(10-18)4-8-14/h1-8H,10,18H2. The molecule has 18 heavy (non-hydrogen) atoms. The quantitative estimate of drug-likeness (QED) is 0.592. The summed E-state index contributed by atoms with van der Waals surface area (Å²) in [5, 5.41) is 16.9. The fourth-order valence-corrected chi connectivity index (χ4v) is 1.69. The van der Waals surface area contributed by atoms with Crippen LogP contribution >= 0.6 is 9.24 Å². The zero-order valence-electron chi connectivity index (χ0n) is 9.74. The fraction of sp³-hybridized carbons (Fsp3) is 0.0714. The Morgan fingerprint density at radius 2 is 1.39 bits per heavy atom. The van der Waals surface area contributed by atoms with Gasteiger partial charge in [0, 0.05) is 0 Å². The molecule has 4 heteroatoms. The van der Waals surface area contributed by atoms with E-state index in [-0.39, 0.29) is 0 Å². The molecule has 0 fully saturated rings. The number of hydrogen-bond acceptors (Lipinski definition) is 3. The van der Waals surface area contributed by atoms with E-state index in [9.17, 15) is 0 Å². The minimum absolute atomic E-state index is 0.624. The molecule has 0 N–H and O–H groups in total. The highest BCUT2D eigenvalue weighted by Gasteiger charge is 1.93. The first-order valence-electron chi connectivity index (χ1n) is 5.53. The van der Waals surface area contributed by atoms with Crippen molar-refractivity contribution in [1.82, 2.24) is 0 Å². The van der Waals surface area contributed by atoms with Crippen LogP contribution in [0.1, 0.15) is 11.1 Å². The smallest absolute Gasteiger partial charge is 0.0991 e. The predicted octanol–water partition coefficient (Wildman–Crippen LogP) is 4.35. The van der Waals surface area contributed by atoms with Crippen LogP contribution in [0.2, 0.25) is 0 Å². The van der Waals surface area contributed by atoms with E-state index in [2.05, 4.69) is 25.5 Å². The minimum atomic E-state index is 0.624. The molecular formula is C14H12N3P. The van der Waals surface area contributed by atoms with Gasteiger partial charge < -0.3 is 0 Å². The average Bonchev–Trinajstić information content (AvgIpc) is 2.46. The van der Waals surface area contributed by atoms with Crippen molar-refractivity contribution in [3.63, 3.8) is 0 Å². The molecule has 3 nitrogen and oxygen atoms in total. The molecule has 0 spiro atoms. The molecule has 0 radical (unpaired) electrons. The van der Waals surface area contributed by atoms with Gasteiger partial charge in [0.25, 0.3) is 0 Å². The molecule has 2 aromatic carbocycles. The van der Waals surface area contributed by atoms with Crippen molar-refractivity contribution in [2.75, 3.05) is 0 Å². The van der Waals surface area contributed by atoms with E-state index in [0.717, 1.165) is 17.5 Å². The van der Waals surface area contributed by atoms with Crippen LogP contribution < -0.4 is 0 Å². The molecule has 0 saturated carbocycles. The van der Waals surface area contributed by atoms with Crippen molar-refractivity contribution < 1.29 is 0 Å². The molecule has 0 bridgehead atoms. The third-order valence-electron chi connectivity index (χ3n) is 2.45. The lowest BCUT2D eigenvalue weighted by Gasteiger charge is -1.96. The van der Waals surface area contributed by atoms with E-state index in [1.807, 2.05) is 24.3 Å². The van der Waals surface area contributed by atoms with E-state index in [1.165, 1.54) is 5.56 Å². The van der Waals surface area contributed by atoms with Crippen molar-refractivity contribution >= 4 is 20.6 Å². The Balaban J connectivity index is 2.11. The van der Waals surface area contributed by atoms with Gasteiger partial charge in [-0.1, -0.05) is 12.1 Å². The average molecular weight is 253 g/mol. The molecule has 1 atom stereocenters.